The van der Waals surface area contributed by atoms with E-state index >= 15 is 0 Å². The SMILES string of the molecule is CN1C(=O)c2ccccc2C(C(=O)O)C1c1cc2c(cc1[N+](=O)[O-])OCO2. The first-order valence-corrected chi connectivity index (χ1v) is 8.07. The Kier molecular flexibility index (Phi) is 3.72. The highest BCUT2D eigenvalue weighted by molar-refractivity contribution is 6.00. The molecule has 0 spiro atoms. The molecule has 2 atom stereocenters. The van der Waals surface area contributed by atoms with Gasteiger partial charge in [-0.15, -0.1) is 0 Å². The van der Waals surface area contributed by atoms with Crippen molar-refractivity contribution in [1.82, 2.24) is 4.90 Å². The summed E-state index contributed by atoms with van der Waals surface area (Å²) >= 11 is 0. The van der Waals surface area contributed by atoms with Crippen LogP contribution in [-0.2, 0) is 4.79 Å². The predicted octanol–water partition coefficient (Wildman–Crippen LogP) is 2.32. The Hall–Kier alpha value is -3.62. The van der Waals surface area contributed by atoms with Gasteiger partial charge in [-0.25, -0.2) is 0 Å². The number of nitro groups is 1. The van der Waals surface area contributed by atoms with E-state index in [9.17, 15) is 24.8 Å². The Bertz CT molecular complexity index is 988. The molecule has 9 nitrogen and oxygen atoms in total. The molecule has 2 aromatic carbocycles. The molecule has 2 aliphatic rings. The maximum absolute atomic E-state index is 12.8. The third kappa shape index (κ3) is 2.47. The molecule has 2 unspecified atom stereocenters. The number of carboxylic acids is 1. The lowest BCUT2D eigenvalue weighted by atomic mass is 9.79. The van der Waals surface area contributed by atoms with Gasteiger partial charge in [0.1, 0.15) is 5.92 Å². The maximum Gasteiger partial charge on any atom is 0.313 e. The Morgan fingerprint density at radius 1 is 1.22 bits per heavy atom. The number of likely N-dealkylation sites (N-methyl/N-ethyl adjacent to an activating group) is 1. The van der Waals surface area contributed by atoms with Crippen molar-refractivity contribution >= 4 is 17.6 Å². The van der Waals surface area contributed by atoms with Crippen molar-refractivity contribution in [1.29, 1.82) is 0 Å². The molecule has 0 fully saturated rings. The third-order valence-corrected chi connectivity index (χ3v) is 4.88. The van der Waals surface area contributed by atoms with Crippen LogP contribution in [0.1, 0.15) is 33.4 Å². The second kappa shape index (κ2) is 5.97. The van der Waals surface area contributed by atoms with Crippen molar-refractivity contribution in [3.8, 4) is 11.5 Å². The molecular formula is C18H14N2O7. The number of ether oxygens (including phenoxy) is 2. The molecule has 4 rings (SSSR count). The molecule has 0 aromatic heterocycles. The molecule has 0 radical (unpaired) electrons. The van der Waals surface area contributed by atoms with Crippen LogP contribution in [0.4, 0.5) is 5.69 Å². The molecule has 2 aliphatic heterocycles. The molecule has 1 N–H and O–H groups in total. The van der Waals surface area contributed by atoms with Crippen LogP contribution in [0.25, 0.3) is 0 Å². The number of amides is 1. The summed E-state index contributed by atoms with van der Waals surface area (Å²) in [6, 6.07) is 7.92. The lowest BCUT2D eigenvalue weighted by molar-refractivity contribution is -0.386. The third-order valence-electron chi connectivity index (χ3n) is 4.88. The number of fused-ring (bicyclic) bond motifs is 2. The van der Waals surface area contributed by atoms with Gasteiger partial charge in [0.15, 0.2) is 11.5 Å². The molecule has 0 aliphatic carbocycles. The smallest absolute Gasteiger partial charge is 0.313 e. The molecule has 1 amide bonds. The van der Waals surface area contributed by atoms with Crippen LogP contribution in [0.2, 0.25) is 0 Å². The van der Waals surface area contributed by atoms with Gasteiger partial charge in [0.05, 0.1) is 22.6 Å². The van der Waals surface area contributed by atoms with Crippen LogP contribution in [0.5, 0.6) is 11.5 Å². The summed E-state index contributed by atoms with van der Waals surface area (Å²) in [5, 5.41) is 21.5. The van der Waals surface area contributed by atoms with Crippen LogP contribution >= 0.6 is 0 Å². The van der Waals surface area contributed by atoms with E-state index in [2.05, 4.69) is 0 Å². The maximum atomic E-state index is 12.8. The standard InChI is InChI=1S/C18H14N2O7/c1-19-16(11-6-13-14(27-8-26-13)7-12(11)20(24)25)15(18(22)23)9-4-2-3-5-10(9)17(19)21/h2-7,15-16H,8H2,1H3,(H,22,23). The number of aliphatic carboxylic acids is 1. The van der Waals surface area contributed by atoms with Crippen LogP contribution in [-0.4, -0.2) is 40.6 Å². The molecule has 0 bridgehead atoms. The van der Waals surface area contributed by atoms with Gasteiger partial charge in [-0.2, -0.15) is 0 Å². The Balaban J connectivity index is 1.96. The van der Waals surface area contributed by atoms with Gasteiger partial charge in [-0.05, 0) is 17.7 Å². The molecule has 27 heavy (non-hydrogen) atoms. The van der Waals surface area contributed by atoms with E-state index < -0.39 is 28.8 Å². The van der Waals surface area contributed by atoms with Crippen LogP contribution in [0.15, 0.2) is 36.4 Å². The second-order valence-corrected chi connectivity index (χ2v) is 6.29. The highest BCUT2D eigenvalue weighted by atomic mass is 16.7. The zero-order valence-electron chi connectivity index (χ0n) is 14.1. The van der Waals surface area contributed by atoms with Crippen LogP contribution < -0.4 is 9.47 Å². The number of hydrogen-bond acceptors (Lipinski definition) is 6. The zero-order chi connectivity index (χ0) is 19.3. The molecule has 2 heterocycles. The predicted molar refractivity (Wildman–Crippen MR) is 90.9 cm³/mol. The first kappa shape index (κ1) is 16.8. The van der Waals surface area contributed by atoms with E-state index in [0.29, 0.717) is 5.56 Å². The van der Waals surface area contributed by atoms with Gasteiger partial charge in [-0.3, -0.25) is 19.7 Å². The largest absolute Gasteiger partial charge is 0.481 e. The zero-order valence-corrected chi connectivity index (χ0v) is 14.1. The fraction of sp³-hybridized carbons (Fsp3) is 0.222. The van der Waals surface area contributed by atoms with Crippen molar-refractivity contribution in [2.24, 2.45) is 0 Å². The molecule has 9 heteroatoms. The normalized spacial score (nSPS) is 20.3. The summed E-state index contributed by atoms with van der Waals surface area (Å²) in [6.45, 7) is -0.0828. The number of nitro benzene ring substituents is 1. The minimum Gasteiger partial charge on any atom is -0.481 e. The number of carboxylic acid groups (broad SMARTS) is 1. The minimum absolute atomic E-state index is 0.0828. The van der Waals surface area contributed by atoms with E-state index in [1.54, 1.807) is 24.3 Å². The molecule has 0 saturated heterocycles. The molecular weight excluding hydrogens is 356 g/mol. The monoisotopic (exact) mass is 370 g/mol. The summed E-state index contributed by atoms with van der Waals surface area (Å²) in [5.41, 5.74) is 0.355. The topological polar surface area (TPSA) is 119 Å². The summed E-state index contributed by atoms with van der Waals surface area (Å²) in [4.78, 5) is 37.1. The first-order valence-electron chi connectivity index (χ1n) is 8.07. The Morgan fingerprint density at radius 3 is 2.56 bits per heavy atom. The summed E-state index contributed by atoms with van der Waals surface area (Å²) in [5.74, 6) is -2.26. The number of nitrogens with zero attached hydrogens (tertiary/aromatic N) is 2. The van der Waals surface area contributed by atoms with E-state index in [1.807, 2.05) is 0 Å². The number of hydrogen-bond donors (Lipinski definition) is 1. The fourth-order valence-corrected chi connectivity index (χ4v) is 3.67. The summed E-state index contributed by atoms with van der Waals surface area (Å²) in [6.07, 6.45) is 0. The highest BCUT2D eigenvalue weighted by Gasteiger charge is 2.45. The fourth-order valence-electron chi connectivity index (χ4n) is 3.67. The van der Waals surface area contributed by atoms with Crippen LogP contribution in [0.3, 0.4) is 0 Å². The van der Waals surface area contributed by atoms with E-state index in [0.717, 1.165) is 0 Å². The molecule has 0 saturated carbocycles. The highest BCUT2D eigenvalue weighted by Crippen LogP contribution is 2.48. The number of rotatable bonds is 3. The number of carbonyl (C=O) groups is 2. The first-order chi connectivity index (χ1) is 12.9. The average molecular weight is 370 g/mol. The van der Waals surface area contributed by atoms with E-state index in [4.69, 9.17) is 9.47 Å². The minimum atomic E-state index is -1.18. The average Bonchev–Trinajstić information content (AvgIpc) is 3.10. The number of carbonyl (C=O) groups excluding carboxylic acids is 1. The quantitative estimate of drug-likeness (QED) is 0.650. The molecule has 138 valence electrons. The summed E-state index contributed by atoms with van der Waals surface area (Å²) in [7, 11) is 1.44. The summed E-state index contributed by atoms with van der Waals surface area (Å²) < 4.78 is 10.5. The van der Waals surface area contributed by atoms with Crippen molar-refractivity contribution in [2.75, 3.05) is 13.8 Å². The van der Waals surface area contributed by atoms with Gasteiger partial charge in [0, 0.05) is 12.6 Å². The van der Waals surface area contributed by atoms with E-state index in [1.165, 1.54) is 24.1 Å². The lowest BCUT2D eigenvalue weighted by Crippen LogP contribution is -2.42. The second-order valence-electron chi connectivity index (χ2n) is 6.29. The van der Waals surface area contributed by atoms with Gasteiger partial charge >= 0.3 is 5.97 Å². The van der Waals surface area contributed by atoms with Gasteiger partial charge in [0.2, 0.25) is 6.79 Å². The van der Waals surface area contributed by atoms with Crippen molar-refractivity contribution in [3.05, 3.63) is 63.2 Å². The van der Waals surface area contributed by atoms with Crippen LogP contribution in [0, 0.1) is 10.1 Å². The molecule has 2 aromatic rings. The Morgan fingerprint density at radius 2 is 1.89 bits per heavy atom. The van der Waals surface area contributed by atoms with Gasteiger partial charge < -0.3 is 19.5 Å². The van der Waals surface area contributed by atoms with Gasteiger partial charge in [-0.1, -0.05) is 18.2 Å². The lowest BCUT2D eigenvalue weighted by Gasteiger charge is -2.38. The number of benzene rings is 2. The van der Waals surface area contributed by atoms with Crippen molar-refractivity contribution in [2.45, 2.75) is 12.0 Å². The van der Waals surface area contributed by atoms with E-state index in [-0.39, 0.29) is 35.1 Å². The Labute approximate surface area is 152 Å². The van der Waals surface area contributed by atoms with Crippen molar-refractivity contribution < 1.29 is 29.1 Å². The van der Waals surface area contributed by atoms with Gasteiger partial charge in [0.25, 0.3) is 11.6 Å². The van der Waals surface area contributed by atoms with Crippen molar-refractivity contribution in [3.63, 3.8) is 0 Å².